The van der Waals surface area contributed by atoms with E-state index in [-0.39, 0.29) is 6.79 Å². The Morgan fingerprint density at radius 2 is 2.06 bits per heavy atom. The van der Waals surface area contributed by atoms with E-state index < -0.39 is 0 Å². The highest BCUT2D eigenvalue weighted by atomic mass is 16.7. The van der Waals surface area contributed by atoms with E-state index in [4.69, 9.17) is 19.9 Å². The summed E-state index contributed by atoms with van der Waals surface area (Å²) in [7, 11) is 1.58. The molecule has 2 heterocycles. The van der Waals surface area contributed by atoms with Crippen molar-refractivity contribution in [3.8, 4) is 28.6 Å². The standard InChI is InChI=1S/C12H11N3O3/c1-16-8-5-10-9(17-6-18-10)4-7(8)12-14-3-2-11(13)15-12/h2-5H,6H2,1H3,(H2,13,14,15). The number of nitrogen functional groups attached to an aromatic ring is 1. The lowest BCUT2D eigenvalue weighted by atomic mass is 10.1. The van der Waals surface area contributed by atoms with Crippen LogP contribution in [0.2, 0.25) is 0 Å². The van der Waals surface area contributed by atoms with Crippen molar-refractivity contribution in [2.75, 3.05) is 19.6 Å². The Morgan fingerprint density at radius 3 is 2.78 bits per heavy atom. The summed E-state index contributed by atoms with van der Waals surface area (Å²) >= 11 is 0. The summed E-state index contributed by atoms with van der Waals surface area (Å²) in [6, 6.07) is 5.17. The van der Waals surface area contributed by atoms with Crippen LogP contribution in [0.1, 0.15) is 0 Å². The molecule has 6 nitrogen and oxygen atoms in total. The van der Waals surface area contributed by atoms with E-state index in [0.29, 0.717) is 34.5 Å². The number of nitrogens with two attached hydrogens (primary N) is 1. The molecule has 3 rings (SSSR count). The molecule has 0 atom stereocenters. The minimum absolute atomic E-state index is 0.208. The summed E-state index contributed by atoms with van der Waals surface area (Å²) in [5, 5.41) is 0. The van der Waals surface area contributed by atoms with E-state index in [1.165, 1.54) is 0 Å². The van der Waals surface area contributed by atoms with Crippen LogP contribution in [0.15, 0.2) is 24.4 Å². The summed E-state index contributed by atoms with van der Waals surface area (Å²) in [6.45, 7) is 0.208. The SMILES string of the molecule is COc1cc2c(cc1-c1nccc(N)n1)OCO2. The molecule has 92 valence electrons. The Balaban J connectivity index is 2.16. The normalized spacial score (nSPS) is 12.5. The van der Waals surface area contributed by atoms with Crippen LogP contribution in [0.5, 0.6) is 17.2 Å². The second-order valence-corrected chi connectivity index (χ2v) is 3.71. The van der Waals surface area contributed by atoms with Crippen LogP contribution in [0.3, 0.4) is 0 Å². The molecule has 1 aromatic heterocycles. The zero-order valence-corrected chi connectivity index (χ0v) is 9.71. The first-order chi connectivity index (χ1) is 8.78. The number of methoxy groups -OCH3 is 1. The first-order valence-electron chi connectivity index (χ1n) is 5.34. The van der Waals surface area contributed by atoms with Crippen molar-refractivity contribution in [2.24, 2.45) is 0 Å². The van der Waals surface area contributed by atoms with Gasteiger partial charge in [0.1, 0.15) is 11.6 Å². The van der Waals surface area contributed by atoms with Gasteiger partial charge in [-0.2, -0.15) is 0 Å². The number of benzene rings is 1. The van der Waals surface area contributed by atoms with E-state index >= 15 is 0 Å². The minimum atomic E-state index is 0.208. The molecule has 1 aliphatic rings. The molecule has 0 radical (unpaired) electrons. The summed E-state index contributed by atoms with van der Waals surface area (Å²) in [5.74, 6) is 2.81. The van der Waals surface area contributed by atoms with Gasteiger partial charge < -0.3 is 19.9 Å². The van der Waals surface area contributed by atoms with Gasteiger partial charge in [0.15, 0.2) is 17.3 Å². The van der Waals surface area contributed by atoms with Gasteiger partial charge >= 0.3 is 0 Å². The van der Waals surface area contributed by atoms with Gasteiger partial charge in [-0.3, -0.25) is 0 Å². The molecule has 6 heteroatoms. The van der Waals surface area contributed by atoms with Crippen molar-refractivity contribution in [1.29, 1.82) is 0 Å². The lowest BCUT2D eigenvalue weighted by Gasteiger charge is -2.08. The molecular formula is C12H11N3O3. The first-order valence-corrected chi connectivity index (χ1v) is 5.34. The molecule has 0 spiro atoms. The molecule has 0 amide bonds. The predicted molar refractivity (Wildman–Crippen MR) is 64.6 cm³/mol. The fraction of sp³-hybridized carbons (Fsp3) is 0.167. The second kappa shape index (κ2) is 4.06. The van der Waals surface area contributed by atoms with Crippen LogP contribution >= 0.6 is 0 Å². The molecule has 1 aromatic carbocycles. The summed E-state index contributed by atoms with van der Waals surface area (Å²) in [6.07, 6.45) is 1.60. The van der Waals surface area contributed by atoms with Crippen LogP contribution in [0.4, 0.5) is 5.82 Å². The van der Waals surface area contributed by atoms with E-state index in [0.717, 1.165) is 0 Å². The molecule has 0 saturated carbocycles. The number of ether oxygens (including phenoxy) is 3. The van der Waals surface area contributed by atoms with E-state index in [9.17, 15) is 0 Å². The van der Waals surface area contributed by atoms with E-state index in [2.05, 4.69) is 9.97 Å². The quantitative estimate of drug-likeness (QED) is 0.862. The highest BCUT2D eigenvalue weighted by Gasteiger charge is 2.19. The smallest absolute Gasteiger partial charge is 0.231 e. The van der Waals surface area contributed by atoms with Crippen molar-refractivity contribution >= 4 is 5.82 Å². The van der Waals surface area contributed by atoms with Crippen molar-refractivity contribution in [3.63, 3.8) is 0 Å². The highest BCUT2D eigenvalue weighted by Crippen LogP contribution is 2.41. The average Bonchev–Trinajstić information content (AvgIpc) is 2.84. The van der Waals surface area contributed by atoms with Crippen molar-refractivity contribution in [2.45, 2.75) is 0 Å². The number of fused-ring (bicyclic) bond motifs is 1. The number of anilines is 1. The molecule has 0 saturated heterocycles. The van der Waals surface area contributed by atoms with Crippen LogP contribution in [0.25, 0.3) is 11.4 Å². The van der Waals surface area contributed by atoms with Crippen molar-refractivity contribution in [3.05, 3.63) is 24.4 Å². The largest absolute Gasteiger partial charge is 0.496 e. The molecule has 0 unspecified atom stereocenters. The summed E-state index contributed by atoms with van der Waals surface area (Å²) < 4.78 is 15.9. The molecule has 2 aromatic rings. The summed E-state index contributed by atoms with van der Waals surface area (Å²) in [4.78, 5) is 8.34. The Kier molecular flexibility index (Phi) is 2.40. The van der Waals surface area contributed by atoms with Crippen LogP contribution in [-0.4, -0.2) is 23.9 Å². The Hall–Kier alpha value is -2.50. The van der Waals surface area contributed by atoms with Gasteiger partial charge in [-0.25, -0.2) is 9.97 Å². The fourth-order valence-electron chi connectivity index (χ4n) is 1.77. The molecule has 0 bridgehead atoms. The fourth-order valence-corrected chi connectivity index (χ4v) is 1.77. The zero-order chi connectivity index (χ0) is 12.5. The molecule has 0 fully saturated rings. The van der Waals surface area contributed by atoms with Crippen LogP contribution in [-0.2, 0) is 0 Å². The second-order valence-electron chi connectivity index (χ2n) is 3.71. The van der Waals surface area contributed by atoms with Crippen LogP contribution < -0.4 is 19.9 Å². The molecular weight excluding hydrogens is 234 g/mol. The number of aromatic nitrogens is 2. The number of rotatable bonds is 2. The predicted octanol–water partition coefficient (Wildman–Crippen LogP) is 1.46. The van der Waals surface area contributed by atoms with E-state index in [1.807, 2.05) is 0 Å². The van der Waals surface area contributed by atoms with Crippen molar-refractivity contribution < 1.29 is 14.2 Å². The summed E-state index contributed by atoms with van der Waals surface area (Å²) in [5.41, 5.74) is 6.37. The Bertz CT molecular complexity index is 601. The lowest BCUT2D eigenvalue weighted by Crippen LogP contribution is -1.96. The third-order valence-corrected chi connectivity index (χ3v) is 2.61. The van der Waals surface area contributed by atoms with Gasteiger partial charge in [-0.15, -0.1) is 0 Å². The maximum Gasteiger partial charge on any atom is 0.231 e. The molecule has 18 heavy (non-hydrogen) atoms. The van der Waals surface area contributed by atoms with E-state index in [1.54, 1.807) is 31.5 Å². The topological polar surface area (TPSA) is 79.5 Å². The zero-order valence-electron chi connectivity index (χ0n) is 9.71. The van der Waals surface area contributed by atoms with Gasteiger partial charge in [-0.1, -0.05) is 0 Å². The minimum Gasteiger partial charge on any atom is -0.496 e. The monoisotopic (exact) mass is 245 g/mol. The maximum absolute atomic E-state index is 5.65. The Labute approximate surface area is 103 Å². The van der Waals surface area contributed by atoms with Crippen molar-refractivity contribution in [1.82, 2.24) is 9.97 Å². The first kappa shape index (κ1) is 10.6. The Morgan fingerprint density at radius 1 is 1.28 bits per heavy atom. The molecule has 2 N–H and O–H groups in total. The van der Waals surface area contributed by atoms with Gasteiger partial charge in [0.05, 0.1) is 12.7 Å². The lowest BCUT2D eigenvalue weighted by molar-refractivity contribution is 0.174. The van der Waals surface area contributed by atoms with Gasteiger partial charge in [-0.05, 0) is 12.1 Å². The molecule has 1 aliphatic heterocycles. The highest BCUT2D eigenvalue weighted by molar-refractivity contribution is 5.70. The third kappa shape index (κ3) is 1.67. The average molecular weight is 245 g/mol. The molecule has 0 aliphatic carbocycles. The van der Waals surface area contributed by atoms with Gasteiger partial charge in [0.25, 0.3) is 0 Å². The van der Waals surface area contributed by atoms with Crippen LogP contribution in [0, 0.1) is 0 Å². The number of hydrogen-bond donors (Lipinski definition) is 1. The number of hydrogen-bond acceptors (Lipinski definition) is 6. The third-order valence-electron chi connectivity index (χ3n) is 2.61. The number of nitrogens with zero attached hydrogens (tertiary/aromatic N) is 2. The van der Waals surface area contributed by atoms with Gasteiger partial charge in [0.2, 0.25) is 6.79 Å². The van der Waals surface area contributed by atoms with Gasteiger partial charge in [0, 0.05) is 12.3 Å². The maximum atomic E-state index is 5.65.